The molecule has 1 amide bonds. The summed E-state index contributed by atoms with van der Waals surface area (Å²) < 4.78 is 29.9. The minimum atomic E-state index is -2.74. The fraction of sp³-hybridized carbons (Fsp3) is 0.250. The fourth-order valence-corrected chi connectivity index (χ4v) is 4.98. The van der Waals surface area contributed by atoms with Crippen LogP contribution in [0.4, 0.5) is 25.0 Å². The van der Waals surface area contributed by atoms with Crippen LogP contribution < -0.4 is 4.90 Å². The van der Waals surface area contributed by atoms with Crippen LogP contribution in [0.1, 0.15) is 35.1 Å². The third-order valence-corrected chi connectivity index (χ3v) is 6.59. The molecule has 1 aromatic heterocycles. The van der Waals surface area contributed by atoms with Gasteiger partial charge in [0.1, 0.15) is 0 Å². The number of anilines is 2. The van der Waals surface area contributed by atoms with Crippen LogP contribution in [0, 0.1) is 0 Å². The average Bonchev–Trinajstić information content (AvgIpc) is 3.25. The monoisotopic (exact) mass is 502 g/mol. The average molecular weight is 503 g/mol. The van der Waals surface area contributed by atoms with Crippen LogP contribution in [0.25, 0.3) is 16.9 Å². The Kier molecular flexibility index (Phi) is 5.55. The first-order valence-electron chi connectivity index (χ1n) is 10.8. The summed E-state index contributed by atoms with van der Waals surface area (Å²) in [6, 6.07) is 6.26. The number of rotatable bonds is 3. The molecule has 0 atom stereocenters. The van der Waals surface area contributed by atoms with Gasteiger partial charge in [0.05, 0.1) is 12.7 Å². The number of aryl methyl sites for hydroxylation is 2. The van der Waals surface area contributed by atoms with E-state index in [9.17, 15) is 28.9 Å². The van der Waals surface area contributed by atoms with E-state index in [1.165, 1.54) is 12.1 Å². The van der Waals surface area contributed by atoms with E-state index >= 15 is 0 Å². The van der Waals surface area contributed by atoms with Gasteiger partial charge >= 0.3 is 6.09 Å². The standard InChI is InChI=1S/C24H21ClF2N4O4/c1-29-10-13(9-28-29)15-5-12-3-2-4-30(19(12)8-17(15)22(26)27)20-7-14(25)6-16-18(20)11-31(24(34)35)23(33)21(16)32/h5-10,22,32-33H,2-4,11H2,1H3,(H,34,35). The van der Waals surface area contributed by atoms with E-state index in [2.05, 4.69) is 5.10 Å². The normalized spacial score (nSPS) is 15.5. The summed E-state index contributed by atoms with van der Waals surface area (Å²) in [7, 11) is 1.72. The second-order valence-corrected chi connectivity index (χ2v) is 8.96. The maximum Gasteiger partial charge on any atom is 0.414 e. The van der Waals surface area contributed by atoms with E-state index in [0.29, 0.717) is 52.4 Å². The number of aromatic nitrogens is 2. The highest BCUT2D eigenvalue weighted by Crippen LogP contribution is 2.45. The quantitative estimate of drug-likeness (QED) is 0.406. The molecular formula is C24H21ClF2N4O4. The summed E-state index contributed by atoms with van der Waals surface area (Å²) in [6.07, 6.45) is 0.427. The summed E-state index contributed by atoms with van der Waals surface area (Å²) in [5.74, 6) is -1.41. The molecule has 0 bridgehead atoms. The Hall–Kier alpha value is -3.79. The largest absolute Gasteiger partial charge is 0.503 e. The molecule has 0 fully saturated rings. The molecule has 3 N–H and O–H groups in total. The molecule has 0 radical (unpaired) electrons. The summed E-state index contributed by atoms with van der Waals surface area (Å²) in [6.45, 7) is 0.229. The van der Waals surface area contributed by atoms with Crippen LogP contribution in [0.2, 0.25) is 5.02 Å². The number of amides is 1. The van der Waals surface area contributed by atoms with Crippen molar-refractivity contribution < 1.29 is 28.9 Å². The molecule has 2 aromatic carbocycles. The first-order valence-corrected chi connectivity index (χ1v) is 11.2. The molecule has 11 heteroatoms. The molecule has 3 aromatic rings. The van der Waals surface area contributed by atoms with E-state index in [0.717, 1.165) is 5.56 Å². The van der Waals surface area contributed by atoms with Gasteiger partial charge in [0, 0.05) is 58.4 Å². The molecule has 2 aliphatic heterocycles. The predicted octanol–water partition coefficient (Wildman–Crippen LogP) is 6.00. The molecule has 0 saturated carbocycles. The van der Waals surface area contributed by atoms with Gasteiger partial charge in [-0.25, -0.2) is 18.5 Å². The third kappa shape index (κ3) is 3.83. The van der Waals surface area contributed by atoms with Gasteiger partial charge in [-0.15, -0.1) is 0 Å². The first kappa shape index (κ1) is 23.0. The Morgan fingerprint density at radius 1 is 1.14 bits per heavy atom. The number of carbonyl (C=O) groups is 1. The number of aliphatic hydroxyl groups is 2. The van der Waals surface area contributed by atoms with Gasteiger partial charge in [-0.3, -0.25) is 4.68 Å². The first-order chi connectivity index (χ1) is 16.7. The summed E-state index contributed by atoms with van der Waals surface area (Å²) in [5.41, 5.74) is 3.34. The highest BCUT2D eigenvalue weighted by Gasteiger charge is 2.33. The van der Waals surface area contributed by atoms with Gasteiger partial charge < -0.3 is 20.2 Å². The number of benzene rings is 2. The zero-order valence-corrected chi connectivity index (χ0v) is 19.3. The molecule has 0 saturated heterocycles. The van der Waals surface area contributed by atoms with Crippen molar-refractivity contribution in [3.8, 4) is 11.1 Å². The Labute approximate surface area is 203 Å². The molecule has 2 aliphatic rings. The van der Waals surface area contributed by atoms with E-state index in [1.807, 2.05) is 4.90 Å². The van der Waals surface area contributed by atoms with E-state index in [4.69, 9.17) is 11.6 Å². The zero-order valence-electron chi connectivity index (χ0n) is 18.5. The molecule has 35 heavy (non-hydrogen) atoms. The molecule has 5 rings (SSSR count). The number of alkyl halides is 2. The van der Waals surface area contributed by atoms with Gasteiger partial charge in [-0.1, -0.05) is 11.6 Å². The predicted molar refractivity (Wildman–Crippen MR) is 126 cm³/mol. The lowest BCUT2D eigenvalue weighted by Gasteiger charge is -2.36. The van der Waals surface area contributed by atoms with Crippen molar-refractivity contribution >= 4 is 34.8 Å². The molecule has 0 unspecified atom stereocenters. The van der Waals surface area contributed by atoms with Gasteiger partial charge in [-0.2, -0.15) is 5.10 Å². The van der Waals surface area contributed by atoms with Gasteiger partial charge in [0.2, 0.25) is 5.88 Å². The van der Waals surface area contributed by atoms with E-state index < -0.39 is 24.2 Å². The lowest BCUT2D eigenvalue weighted by atomic mass is 9.91. The van der Waals surface area contributed by atoms with Crippen LogP contribution in [0.5, 0.6) is 0 Å². The van der Waals surface area contributed by atoms with Gasteiger partial charge in [-0.05, 0) is 48.2 Å². The van der Waals surface area contributed by atoms with E-state index in [1.54, 1.807) is 36.3 Å². The number of halogens is 3. The van der Waals surface area contributed by atoms with Crippen LogP contribution >= 0.6 is 11.6 Å². The maximum atomic E-state index is 14.2. The molecular weight excluding hydrogens is 482 g/mol. The number of nitrogens with zero attached hydrogens (tertiary/aromatic N) is 4. The maximum absolute atomic E-state index is 14.2. The third-order valence-electron chi connectivity index (χ3n) is 6.37. The second kappa shape index (κ2) is 8.46. The lowest BCUT2D eigenvalue weighted by Crippen LogP contribution is -2.34. The van der Waals surface area contributed by atoms with Gasteiger partial charge in [0.25, 0.3) is 6.43 Å². The zero-order chi connectivity index (χ0) is 25.0. The molecule has 182 valence electrons. The second-order valence-electron chi connectivity index (χ2n) is 8.52. The molecule has 8 nitrogen and oxygen atoms in total. The van der Waals surface area contributed by atoms with Crippen molar-refractivity contribution in [3.05, 3.63) is 69.8 Å². The van der Waals surface area contributed by atoms with Crippen molar-refractivity contribution in [2.45, 2.75) is 25.8 Å². The Bertz CT molecular complexity index is 1390. The highest BCUT2D eigenvalue weighted by atomic mass is 35.5. The molecule has 0 aliphatic carbocycles. The van der Waals surface area contributed by atoms with Gasteiger partial charge in [0.15, 0.2) is 5.76 Å². The smallest absolute Gasteiger partial charge is 0.414 e. The fourth-order valence-electron chi connectivity index (χ4n) is 4.77. The number of carboxylic acid groups (broad SMARTS) is 1. The lowest BCUT2D eigenvalue weighted by molar-refractivity contribution is 0.125. The Morgan fingerprint density at radius 2 is 1.91 bits per heavy atom. The number of hydrogen-bond donors (Lipinski definition) is 3. The molecule has 0 spiro atoms. The summed E-state index contributed by atoms with van der Waals surface area (Å²) in [5, 5.41) is 34.5. The van der Waals surface area contributed by atoms with Crippen molar-refractivity contribution in [1.82, 2.24) is 14.7 Å². The van der Waals surface area contributed by atoms with Crippen LogP contribution in [-0.2, 0) is 20.0 Å². The van der Waals surface area contributed by atoms with Crippen molar-refractivity contribution in [2.75, 3.05) is 11.4 Å². The van der Waals surface area contributed by atoms with E-state index in [-0.39, 0.29) is 22.7 Å². The Balaban J connectivity index is 1.69. The van der Waals surface area contributed by atoms with Crippen LogP contribution in [0.3, 0.4) is 0 Å². The highest BCUT2D eigenvalue weighted by molar-refractivity contribution is 6.31. The topological polar surface area (TPSA) is 102 Å². The number of hydrogen-bond acceptors (Lipinski definition) is 5. The number of aliphatic hydroxyl groups excluding tert-OH is 2. The minimum Gasteiger partial charge on any atom is -0.503 e. The Morgan fingerprint density at radius 3 is 2.57 bits per heavy atom. The van der Waals surface area contributed by atoms with Crippen molar-refractivity contribution in [1.29, 1.82) is 0 Å². The number of fused-ring (bicyclic) bond motifs is 2. The van der Waals surface area contributed by atoms with Crippen molar-refractivity contribution in [2.24, 2.45) is 7.05 Å². The minimum absolute atomic E-state index is 0.146. The molecule has 3 heterocycles. The van der Waals surface area contributed by atoms with Crippen molar-refractivity contribution in [3.63, 3.8) is 0 Å². The SMILES string of the molecule is Cn1cc(-c2cc3c(cc2C(F)F)N(c2cc(Cl)cc4c2CN(C(=O)O)C(O)=C4O)CCC3)cn1. The van der Waals surface area contributed by atoms with Crippen LogP contribution in [-0.4, -0.2) is 42.6 Å². The summed E-state index contributed by atoms with van der Waals surface area (Å²) in [4.78, 5) is 14.1. The van der Waals surface area contributed by atoms with Crippen LogP contribution in [0.15, 0.2) is 42.5 Å². The summed E-state index contributed by atoms with van der Waals surface area (Å²) >= 11 is 6.33.